The number of hydrogen-bond acceptors (Lipinski definition) is 2. The normalized spacial score (nSPS) is 11.2. The van der Waals surface area contributed by atoms with Crippen LogP contribution < -0.4 is 0 Å². The van der Waals surface area contributed by atoms with Crippen LogP contribution in [0.5, 0.6) is 0 Å². The summed E-state index contributed by atoms with van der Waals surface area (Å²) in [5.41, 5.74) is 2.64. The predicted molar refractivity (Wildman–Crippen MR) is 101 cm³/mol. The highest BCUT2D eigenvalue weighted by Gasteiger charge is 2.01. The van der Waals surface area contributed by atoms with Crippen molar-refractivity contribution in [2.45, 2.75) is 85.0 Å². The summed E-state index contributed by atoms with van der Waals surface area (Å²) in [6.07, 6.45) is 17.1. The van der Waals surface area contributed by atoms with Crippen LogP contribution in [0.1, 0.15) is 85.0 Å². The average molecular weight is 321 g/mol. The lowest BCUT2D eigenvalue weighted by Gasteiger charge is -2.04. The molecule has 0 aromatic rings. The largest absolute Gasteiger partial charge is 0.461 e. The minimum Gasteiger partial charge on any atom is -0.461 e. The van der Waals surface area contributed by atoms with Gasteiger partial charge in [0.25, 0.3) is 0 Å². The van der Waals surface area contributed by atoms with E-state index in [-0.39, 0.29) is 5.97 Å². The first kappa shape index (κ1) is 21.7. The van der Waals surface area contributed by atoms with E-state index in [0.29, 0.717) is 13.0 Å². The van der Waals surface area contributed by atoms with Crippen LogP contribution in [0, 0.1) is 0 Å². The molecule has 0 unspecified atom stereocenters. The van der Waals surface area contributed by atoms with Gasteiger partial charge >= 0.3 is 5.97 Å². The lowest BCUT2D eigenvalue weighted by molar-refractivity contribution is -0.142. The van der Waals surface area contributed by atoms with E-state index in [9.17, 15) is 4.79 Å². The zero-order chi connectivity index (χ0) is 17.3. The van der Waals surface area contributed by atoms with E-state index in [1.165, 1.54) is 36.8 Å². The number of hydrogen-bond donors (Lipinski definition) is 0. The van der Waals surface area contributed by atoms with Crippen molar-refractivity contribution in [2.24, 2.45) is 0 Å². The quantitative estimate of drug-likeness (QED) is 0.207. The lowest BCUT2D eigenvalue weighted by Crippen LogP contribution is -2.04. The first-order valence-corrected chi connectivity index (χ1v) is 9.11. The minimum atomic E-state index is -0.0648. The molecule has 23 heavy (non-hydrogen) atoms. The molecule has 0 spiro atoms. The summed E-state index contributed by atoms with van der Waals surface area (Å²) >= 11 is 0. The molecule has 0 heterocycles. The molecule has 0 aliphatic heterocycles. The highest BCUT2D eigenvalue weighted by Crippen LogP contribution is 2.10. The van der Waals surface area contributed by atoms with Gasteiger partial charge in [0.2, 0.25) is 0 Å². The van der Waals surface area contributed by atoms with Gasteiger partial charge in [-0.3, -0.25) is 4.79 Å². The fourth-order valence-corrected chi connectivity index (χ4v) is 2.30. The van der Waals surface area contributed by atoms with Crippen molar-refractivity contribution in [1.29, 1.82) is 0 Å². The van der Waals surface area contributed by atoms with Crippen LogP contribution in [0.25, 0.3) is 0 Å². The third-order valence-electron chi connectivity index (χ3n) is 3.81. The van der Waals surface area contributed by atoms with Crippen molar-refractivity contribution < 1.29 is 9.53 Å². The third kappa shape index (κ3) is 16.9. The molecular formula is C21H36O2. The smallest absolute Gasteiger partial charge is 0.306 e. The molecule has 0 amide bonds. The second-order valence-electron chi connectivity index (χ2n) is 6.50. The molecule has 0 bridgehead atoms. The average Bonchev–Trinajstić information content (AvgIpc) is 2.49. The van der Waals surface area contributed by atoms with E-state index in [0.717, 1.165) is 32.1 Å². The monoisotopic (exact) mass is 320 g/mol. The van der Waals surface area contributed by atoms with E-state index >= 15 is 0 Å². The summed E-state index contributed by atoms with van der Waals surface area (Å²) in [7, 11) is 0. The maximum Gasteiger partial charge on any atom is 0.306 e. The number of carbonyl (C=O) groups excluding carboxylic acids is 1. The molecule has 0 atom stereocenters. The van der Waals surface area contributed by atoms with Gasteiger partial charge in [-0.25, -0.2) is 0 Å². The highest BCUT2D eigenvalue weighted by atomic mass is 16.5. The Hall–Kier alpha value is -1.31. The van der Waals surface area contributed by atoms with Crippen LogP contribution in [-0.2, 0) is 9.53 Å². The number of allylic oxidation sites excluding steroid dienone is 4. The maximum atomic E-state index is 11.6. The van der Waals surface area contributed by atoms with Gasteiger partial charge in [-0.05, 0) is 59.0 Å². The van der Waals surface area contributed by atoms with E-state index in [4.69, 9.17) is 4.74 Å². The molecular weight excluding hydrogens is 284 g/mol. The SMILES string of the molecule is C=CCCCCCCCCC(=O)OC/C=C(\C)CCC=C(C)C. The fourth-order valence-electron chi connectivity index (χ4n) is 2.30. The molecule has 0 aliphatic rings. The van der Waals surface area contributed by atoms with Gasteiger partial charge in [0.1, 0.15) is 6.61 Å². The summed E-state index contributed by atoms with van der Waals surface area (Å²) in [6.45, 7) is 10.5. The summed E-state index contributed by atoms with van der Waals surface area (Å²) in [4.78, 5) is 11.6. The number of ether oxygens (including phenoxy) is 1. The summed E-state index contributed by atoms with van der Waals surface area (Å²) in [5, 5.41) is 0. The van der Waals surface area contributed by atoms with Crippen molar-refractivity contribution in [3.63, 3.8) is 0 Å². The van der Waals surface area contributed by atoms with Gasteiger partial charge in [-0.1, -0.05) is 49.0 Å². The molecule has 0 aliphatic carbocycles. The standard InChI is InChI=1S/C21H36O2/c1-5-6-7-8-9-10-11-12-16-21(22)23-18-17-20(4)15-13-14-19(2)3/h5,14,17H,1,6-13,15-16,18H2,2-4H3/b20-17+. The van der Waals surface area contributed by atoms with Crippen molar-refractivity contribution in [2.75, 3.05) is 6.61 Å². The van der Waals surface area contributed by atoms with Gasteiger partial charge in [-0.2, -0.15) is 0 Å². The molecule has 2 heteroatoms. The zero-order valence-electron chi connectivity index (χ0n) is 15.5. The molecule has 0 saturated carbocycles. The first-order valence-electron chi connectivity index (χ1n) is 9.11. The second-order valence-corrected chi connectivity index (χ2v) is 6.50. The lowest BCUT2D eigenvalue weighted by atomic mass is 10.1. The van der Waals surface area contributed by atoms with Crippen LogP contribution >= 0.6 is 0 Å². The van der Waals surface area contributed by atoms with Crippen molar-refractivity contribution in [3.05, 3.63) is 36.0 Å². The van der Waals surface area contributed by atoms with Crippen LogP contribution in [0.4, 0.5) is 0 Å². The Morgan fingerprint density at radius 1 is 0.870 bits per heavy atom. The summed E-state index contributed by atoms with van der Waals surface area (Å²) in [6, 6.07) is 0. The molecule has 0 rings (SSSR count). The van der Waals surface area contributed by atoms with Crippen LogP contribution in [0.3, 0.4) is 0 Å². The van der Waals surface area contributed by atoms with Crippen molar-refractivity contribution >= 4 is 5.97 Å². The Kier molecular flexibility index (Phi) is 14.7. The molecule has 132 valence electrons. The van der Waals surface area contributed by atoms with Crippen LogP contribution in [0.2, 0.25) is 0 Å². The first-order chi connectivity index (χ1) is 11.1. The molecule has 0 fully saturated rings. The van der Waals surface area contributed by atoms with Crippen LogP contribution in [0.15, 0.2) is 36.0 Å². The summed E-state index contributed by atoms with van der Waals surface area (Å²) < 4.78 is 5.26. The van der Waals surface area contributed by atoms with Crippen molar-refractivity contribution in [3.8, 4) is 0 Å². The Balaban J connectivity index is 3.52. The third-order valence-corrected chi connectivity index (χ3v) is 3.81. The number of rotatable bonds is 14. The second kappa shape index (κ2) is 15.6. The van der Waals surface area contributed by atoms with Gasteiger partial charge in [-0.15, -0.1) is 6.58 Å². The number of unbranched alkanes of at least 4 members (excludes halogenated alkanes) is 6. The molecule has 0 radical (unpaired) electrons. The van der Waals surface area contributed by atoms with Gasteiger partial charge in [0.05, 0.1) is 0 Å². The van der Waals surface area contributed by atoms with Crippen LogP contribution in [-0.4, -0.2) is 12.6 Å². The topological polar surface area (TPSA) is 26.3 Å². The van der Waals surface area contributed by atoms with E-state index in [1.807, 2.05) is 12.2 Å². The molecule has 0 N–H and O–H groups in total. The van der Waals surface area contributed by atoms with Crippen molar-refractivity contribution in [1.82, 2.24) is 0 Å². The van der Waals surface area contributed by atoms with E-state index < -0.39 is 0 Å². The molecule has 0 saturated heterocycles. The van der Waals surface area contributed by atoms with Gasteiger partial charge in [0.15, 0.2) is 0 Å². The highest BCUT2D eigenvalue weighted by molar-refractivity contribution is 5.69. The van der Waals surface area contributed by atoms with E-state index in [1.54, 1.807) is 0 Å². The zero-order valence-corrected chi connectivity index (χ0v) is 15.5. The minimum absolute atomic E-state index is 0.0648. The predicted octanol–water partition coefficient (Wildman–Crippen LogP) is 6.53. The molecule has 2 nitrogen and oxygen atoms in total. The maximum absolute atomic E-state index is 11.6. The van der Waals surface area contributed by atoms with E-state index in [2.05, 4.69) is 33.4 Å². The Bertz CT molecular complexity index is 373. The molecule has 0 aromatic carbocycles. The Morgan fingerprint density at radius 3 is 2.17 bits per heavy atom. The van der Waals surface area contributed by atoms with Gasteiger partial charge in [0, 0.05) is 6.42 Å². The van der Waals surface area contributed by atoms with Gasteiger partial charge < -0.3 is 4.74 Å². The Morgan fingerprint density at radius 2 is 1.52 bits per heavy atom. The fraction of sp³-hybridized carbons (Fsp3) is 0.667. The number of esters is 1. The number of carbonyl (C=O) groups is 1. The molecule has 0 aromatic heterocycles. The Labute approximate surface area is 143 Å². The summed E-state index contributed by atoms with van der Waals surface area (Å²) in [5.74, 6) is -0.0648.